The summed E-state index contributed by atoms with van der Waals surface area (Å²) in [7, 11) is 5.73. The highest BCUT2D eigenvalue weighted by atomic mass is 19.1. The molecule has 5 nitrogen and oxygen atoms in total. The first kappa shape index (κ1) is 24.7. The molecular formula is C30H35FN2O3. The van der Waals surface area contributed by atoms with Crippen LogP contribution in [0.5, 0.6) is 11.5 Å². The number of hydrogen-bond acceptors (Lipinski definition) is 5. The van der Waals surface area contributed by atoms with Gasteiger partial charge in [0.05, 0.1) is 18.9 Å². The highest BCUT2D eigenvalue weighted by Gasteiger charge is 2.35. The number of aromatic hydroxyl groups is 1. The van der Waals surface area contributed by atoms with E-state index in [2.05, 4.69) is 19.0 Å². The average molecular weight is 491 g/mol. The number of carbonyl (C=O) groups is 1. The number of aryl methyl sites for hydroxylation is 1. The van der Waals surface area contributed by atoms with E-state index in [0.717, 1.165) is 55.4 Å². The molecule has 0 amide bonds. The maximum Gasteiger partial charge on any atom is 0.167 e. The van der Waals surface area contributed by atoms with E-state index in [4.69, 9.17) is 9.73 Å². The Labute approximate surface area is 212 Å². The van der Waals surface area contributed by atoms with E-state index in [0.29, 0.717) is 35.6 Å². The minimum Gasteiger partial charge on any atom is -0.504 e. The van der Waals surface area contributed by atoms with E-state index in [1.807, 2.05) is 12.1 Å². The minimum absolute atomic E-state index is 0.00671. The molecule has 0 radical (unpaired) electrons. The molecule has 0 bridgehead atoms. The zero-order valence-corrected chi connectivity index (χ0v) is 21.4. The number of Topliss-reactive ketones (excluding diaryl/α,β-unsaturated/α-hetero) is 1. The van der Waals surface area contributed by atoms with Gasteiger partial charge in [-0.05, 0) is 101 Å². The Morgan fingerprint density at radius 1 is 1.06 bits per heavy atom. The van der Waals surface area contributed by atoms with Gasteiger partial charge in [0, 0.05) is 28.7 Å². The number of ketones is 1. The fourth-order valence-electron chi connectivity index (χ4n) is 5.53. The molecule has 5 rings (SSSR count). The number of methoxy groups -OCH3 is 1. The molecule has 0 unspecified atom stereocenters. The van der Waals surface area contributed by atoms with Crippen LogP contribution in [0.3, 0.4) is 0 Å². The van der Waals surface area contributed by atoms with Crippen molar-refractivity contribution >= 4 is 11.5 Å². The van der Waals surface area contributed by atoms with Crippen LogP contribution in [0.4, 0.5) is 4.39 Å². The van der Waals surface area contributed by atoms with Crippen molar-refractivity contribution in [2.75, 3.05) is 21.2 Å². The molecule has 2 aromatic carbocycles. The van der Waals surface area contributed by atoms with Crippen LogP contribution < -0.4 is 4.74 Å². The summed E-state index contributed by atoms with van der Waals surface area (Å²) in [6.45, 7) is 0. The van der Waals surface area contributed by atoms with Gasteiger partial charge in [0.25, 0.3) is 0 Å². The second-order valence-electron chi connectivity index (χ2n) is 10.6. The zero-order chi connectivity index (χ0) is 25.4. The van der Waals surface area contributed by atoms with Crippen molar-refractivity contribution in [1.29, 1.82) is 0 Å². The zero-order valence-electron chi connectivity index (χ0n) is 21.4. The lowest BCUT2D eigenvalue weighted by atomic mass is 9.88. The lowest BCUT2D eigenvalue weighted by molar-refractivity contribution is -0.116. The van der Waals surface area contributed by atoms with Crippen LogP contribution >= 0.6 is 0 Å². The van der Waals surface area contributed by atoms with Gasteiger partial charge in [0.15, 0.2) is 17.3 Å². The first-order valence-electron chi connectivity index (χ1n) is 13.0. The molecule has 3 aliphatic rings. The van der Waals surface area contributed by atoms with Gasteiger partial charge in [-0.2, -0.15) is 0 Å². The van der Waals surface area contributed by atoms with Gasteiger partial charge in [0.1, 0.15) is 5.82 Å². The van der Waals surface area contributed by atoms with E-state index < -0.39 is 0 Å². The molecule has 6 heteroatoms. The highest BCUT2D eigenvalue weighted by Crippen LogP contribution is 2.38. The van der Waals surface area contributed by atoms with Crippen LogP contribution in [-0.2, 0) is 11.2 Å². The molecule has 0 aliphatic heterocycles. The molecule has 0 saturated heterocycles. The van der Waals surface area contributed by atoms with Crippen molar-refractivity contribution in [3.8, 4) is 22.6 Å². The number of phenolic OH excluding ortho intramolecular Hbond substituents is 1. The molecular weight excluding hydrogens is 455 g/mol. The molecule has 0 atom stereocenters. The molecule has 0 aromatic heterocycles. The third-order valence-corrected chi connectivity index (χ3v) is 7.88. The number of hydrogen-bond donors (Lipinski definition) is 1. The summed E-state index contributed by atoms with van der Waals surface area (Å²) in [5.74, 6) is 0.240. The quantitative estimate of drug-likeness (QED) is 0.563. The summed E-state index contributed by atoms with van der Waals surface area (Å²) in [6.07, 6.45) is 9.40. The number of benzene rings is 2. The summed E-state index contributed by atoms with van der Waals surface area (Å²) in [4.78, 5) is 20.9. The molecule has 2 fully saturated rings. The van der Waals surface area contributed by atoms with Crippen molar-refractivity contribution in [3.63, 3.8) is 0 Å². The molecule has 0 spiro atoms. The van der Waals surface area contributed by atoms with Crippen LogP contribution in [0.15, 0.2) is 47.0 Å². The van der Waals surface area contributed by atoms with Gasteiger partial charge in [0.2, 0.25) is 0 Å². The Balaban J connectivity index is 1.59. The Bertz CT molecular complexity index is 1220. The molecule has 3 aliphatic carbocycles. The Kier molecular flexibility index (Phi) is 6.98. The molecule has 2 saturated carbocycles. The van der Waals surface area contributed by atoms with Crippen LogP contribution in [0, 0.1) is 11.7 Å². The predicted molar refractivity (Wildman–Crippen MR) is 140 cm³/mol. The standard InChI is InChI=1S/C30H35FN2O3/c1-33(2)22-12-10-21(11-13-22)32-29-23(30(35)18-7-8-18)6-4-5-19-15-26(31)24(17-25(19)29)20-9-14-27(34)28(16-20)36-3/h6,9,14-18,21-22,34H,4-5,7-8,10-13H2,1-3H3. The second-order valence-corrected chi connectivity index (χ2v) is 10.6. The number of halogens is 1. The number of phenols is 1. The fraction of sp³-hybridized carbons (Fsp3) is 0.467. The van der Waals surface area contributed by atoms with E-state index in [9.17, 15) is 9.90 Å². The van der Waals surface area contributed by atoms with Gasteiger partial charge >= 0.3 is 0 Å². The van der Waals surface area contributed by atoms with Crippen molar-refractivity contribution in [2.45, 2.75) is 63.5 Å². The SMILES string of the molecule is COc1cc(-c2cc3c(cc2F)CCC=C(C(=O)C2CC2)C3=NC2CCC(N(C)C)CC2)ccc1O. The van der Waals surface area contributed by atoms with Crippen LogP contribution in [-0.4, -0.2) is 54.8 Å². The van der Waals surface area contributed by atoms with Crippen molar-refractivity contribution in [1.82, 2.24) is 4.90 Å². The predicted octanol–water partition coefficient (Wildman–Crippen LogP) is 5.72. The topological polar surface area (TPSA) is 62.1 Å². The fourth-order valence-corrected chi connectivity index (χ4v) is 5.53. The molecule has 1 N–H and O–H groups in total. The minimum atomic E-state index is -0.329. The number of fused-ring (bicyclic) bond motifs is 1. The first-order chi connectivity index (χ1) is 17.4. The summed E-state index contributed by atoms with van der Waals surface area (Å²) in [5, 5.41) is 10.0. The van der Waals surface area contributed by atoms with Crippen molar-refractivity contribution in [3.05, 3.63) is 58.9 Å². The summed E-state index contributed by atoms with van der Waals surface area (Å²) in [5.41, 5.74) is 4.21. The second kappa shape index (κ2) is 10.2. The first-order valence-corrected chi connectivity index (χ1v) is 13.0. The Morgan fingerprint density at radius 2 is 1.81 bits per heavy atom. The third kappa shape index (κ3) is 4.96. The molecule has 0 heterocycles. The lowest BCUT2D eigenvalue weighted by Gasteiger charge is -2.31. The van der Waals surface area contributed by atoms with E-state index in [1.165, 1.54) is 13.2 Å². The van der Waals surface area contributed by atoms with Gasteiger partial charge in [-0.3, -0.25) is 9.79 Å². The largest absolute Gasteiger partial charge is 0.504 e. The normalized spacial score (nSPS) is 23.2. The maximum atomic E-state index is 15.4. The lowest BCUT2D eigenvalue weighted by Crippen LogP contribution is -2.33. The smallest absolute Gasteiger partial charge is 0.167 e. The molecule has 2 aromatic rings. The van der Waals surface area contributed by atoms with Gasteiger partial charge in [-0.15, -0.1) is 0 Å². The van der Waals surface area contributed by atoms with Gasteiger partial charge < -0.3 is 14.7 Å². The van der Waals surface area contributed by atoms with Gasteiger partial charge in [-0.25, -0.2) is 4.39 Å². The number of allylic oxidation sites excluding steroid dienone is 2. The number of carbonyl (C=O) groups excluding carboxylic acids is 1. The van der Waals surface area contributed by atoms with Crippen LogP contribution in [0.25, 0.3) is 11.1 Å². The number of ether oxygens (including phenoxy) is 1. The highest BCUT2D eigenvalue weighted by molar-refractivity contribution is 6.30. The number of nitrogens with zero attached hydrogens (tertiary/aromatic N) is 2. The average Bonchev–Trinajstić information content (AvgIpc) is 3.72. The van der Waals surface area contributed by atoms with Crippen molar-refractivity contribution in [2.24, 2.45) is 10.9 Å². The van der Waals surface area contributed by atoms with E-state index in [1.54, 1.807) is 18.2 Å². The van der Waals surface area contributed by atoms with Crippen LogP contribution in [0.2, 0.25) is 0 Å². The van der Waals surface area contributed by atoms with E-state index >= 15 is 4.39 Å². The summed E-state index contributed by atoms with van der Waals surface area (Å²) < 4.78 is 20.7. The number of rotatable bonds is 6. The summed E-state index contributed by atoms with van der Waals surface area (Å²) >= 11 is 0. The maximum absolute atomic E-state index is 15.4. The van der Waals surface area contributed by atoms with Gasteiger partial charge in [-0.1, -0.05) is 12.1 Å². The monoisotopic (exact) mass is 490 g/mol. The summed E-state index contributed by atoms with van der Waals surface area (Å²) in [6, 6.07) is 9.00. The molecule has 190 valence electrons. The van der Waals surface area contributed by atoms with Crippen molar-refractivity contribution < 1.29 is 19.0 Å². The Morgan fingerprint density at radius 3 is 2.47 bits per heavy atom. The van der Waals surface area contributed by atoms with E-state index in [-0.39, 0.29) is 35.1 Å². The number of aliphatic imine (C=N–C) groups is 1. The molecule has 36 heavy (non-hydrogen) atoms. The van der Waals surface area contributed by atoms with Crippen LogP contribution in [0.1, 0.15) is 56.1 Å². The third-order valence-electron chi connectivity index (χ3n) is 7.88. The Hall–Kier alpha value is -2.99.